The van der Waals surface area contributed by atoms with E-state index < -0.39 is 6.17 Å². The van der Waals surface area contributed by atoms with Crippen molar-refractivity contribution in [3.05, 3.63) is 0 Å². The molecule has 0 amide bonds. The highest BCUT2D eigenvalue weighted by Gasteiger charge is 2.00. The van der Waals surface area contributed by atoms with Crippen LogP contribution < -0.4 is 5.73 Å². The second-order valence-corrected chi connectivity index (χ2v) is 1.54. The van der Waals surface area contributed by atoms with Crippen LogP contribution in [0.1, 0.15) is 13.8 Å². The van der Waals surface area contributed by atoms with Crippen LogP contribution in [0.3, 0.4) is 0 Å². The molecule has 0 aromatic rings. The SMILES string of the molecule is C[C@H](F)[C@@H](C)N. The van der Waals surface area contributed by atoms with Crippen molar-refractivity contribution < 1.29 is 4.39 Å². The van der Waals surface area contributed by atoms with E-state index in [1.165, 1.54) is 6.92 Å². The number of hydrogen-bond donors (Lipinski definition) is 1. The van der Waals surface area contributed by atoms with Crippen molar-refractivity contribution in [2.75, 3.05) is 0 Å². The lowest BCUT2D eigenvalue weighted by molar-refractivity contribution is 0.318. The number of rotatable bonds is 1. The van der Waals surface area contributed by atoms with Gasteiger partial charge in [-0.15, -0.1) is 0 Å². The van der Waals surface area contributed by atoms with Crippen LogP contribution in [0.2, 0.25) is 0 Å². The van der Waals surface area contributed by atoms with Crippen LogP contribution in [0.15, 0.2) is 0 Å². The highest BCUT2D eigenvalue weighted by atomic mass is 19.1. The van der Waals surface area contributed by atoms with Gasteiger partial charge in [0, 0.05) is 6.04 Å². The molecule has 0 fully saturated rings. The van der Waals surface area contributed by atoms with Crippen molar-refractivity contribution in [3.8, 4) is 0 Å². The number of halogens is 1. The fourth-order valence-electron chi connectivity index (χ4n) is 0. The van der Waals surface area contributed by atoms with E-state index in [0.29, 0.717) is 0 Å². The lowest BCUT2D eigenvalue weighted by atomic mass is 10.3. The predicted molar refractivity (Wildman–Crippen MR) is 24.2 cm³/mol. The fourth-order valence-corrected chi connectivity index (χ4v) is 0. The van der Waals surface area contributed by atoms with Crippen LogP contribution >= 0.6 is 0 Å². The molecule has 2 heteroatoms. The molecule has 0 bridgehead atoms. The van der Waals surface area contributed by atoms with Crippen LogP contribution in [0, 0.1) is 0 Å². The summed E-state index contributed by atoms with van der Waals surface area (Å²) >= 11 is 0. The van der Waals surface area contributed by atoms with E-state index in [0.717, 1.165) is 0 Å². The van der Waals surface area contributed by atoms with Gasteiger partial charge in [0.1, 0.15) is 6.17 Å². The Morgan fingerprint density at radius 2 is 1.67 bits per heavy atom. The van der Waals surface area contributed by atoms with Gasteiger partial charge in [0.05, 0.1) is 0 Å². The van der Waals surface area contributed by atoms with Crippen molar-refractivity contribution in [3.63, 3.8) is 0 Å². The molecule has 0 aliphatic carbocycles. The Hall–Kier alpha value is -0.110. The molecule has 0 aliphatic heterocycles. The minimum Gasteiger partial charge on any atom is -0.325 e. The first-order valence-electron chi connectivity index (χ1n) is 2.04. The third kappa shape index (κ3) is 2.15. The topological polar surface area (TPSA) is 26.0 Å². The molecule has 38 valence electrons. The van der Waals surface area contributed by atoms with Gasteiger partial charge in [0.25, 0.3) is 0 Å². The molecule has 0 radical (unpaired) electrons. The molecule has 6 heavy (non-hydrogen) atoms. The molecule has 0 heterocycles. The second-order valence-electron chi connectivity index (χ2n) is 1.54. The first-order chi connectivity index (χ1) is 2.64. The summed E-state index contributed by atoms with van der Waals surface area (Å²) in [5.74, 6) is 0. The first-order valence-corrected chi connectivity index (χ1v) is 2.04. The van der Waals surface area contributed by atoms with Gasteiger partial charge in [0.15, 0.2) is 0 Å². The monoisotopic (exact) mass is 91.1 g/mol. The van der Waals surface area contributed by atoms with E-state index in [1.807, 2.05) is 0 Å². The smallest absolute Gasteiger partial charge is 0.112 e. The molecule has 0 unspecified atom stereocenters. The second kappa shape index (κ2) is 2.13. The van der Waals surface area contributed by atoms with Crippen LogP contribution in [-0.4, -0.2) is 12.2 Å². The van der Waals surface area contributed by atoms with Gasteiger partial charge in [-0.25, -0.2) is 4.39 Å². The Morgan fingerprint density at radius 3 is 1.67 bits per heavy atom. The van der Waals surface area contributed by atoms with Gasteiger partial charge in [-0.05, 0) is 13.8 Å². The maximum Gasteiger partial charge on any atom is 0.112 e. The van der Waals surface area contributed by atoms with Crippen molar-refractivity contribution in [2.24, 2.45) is 5.73 Å². The third-order valence-electron chi connectivity index (χ3n) is 0.725. The quantitative estimate of drug-likeness (QED) is 0.505. The molecule has 0 rings (SSSR count). The van der Waals surface area contributed by atoms with Gasteiger partial charge >= 0.3 is 0 Å². The molecule has 0 aromatic carbocycles. The lowest BCUT2D eigenvalue weighted by Gasteiger charge is -2.01. The first kappa shape index (κ1) is 5.89. The highest BCUT2D eigenvalue weighted by Crippen LogP contribution is 1.89. The Kier molecular flexibility index (Phi) is 2.09. The molecular weight excluding hydrogens is 81.0 g/mol. The zero-order valence-electron chi connectivity index (χ0n) is 4.11. The number of alkyl halides is 1. The summed E-state index contributed by atoms with van der Waals surface area (Å²) in [6, 6.07) is -0.315. The summed E-state index contributed by atoms with van der Waals surface area (Å²) in [4.78, 5) is 0. The molecule has 1 nitrogen and oxygen atoms in total. The van der Waals surface area contributed by atoms with Gasteiger partial charge in [-0.3, -0.25) is 0 Å². The van der Waals surface area contributed by atoms with Crippen molar-refractivity contribution in [1.82, 2.24) is 0 Å². The summed E-state index contributed by atoms with van der Waals surface area (Å²) in [6.07, 6.45) is -0.870. The van der Waals surface area contributed by atoms with Crippen LogP contribution in [0.5, 0.6) is 0 Å². The van der Waals surface area contributed by atoms with Crippen LogP contribution in [-0.2, 0) is 0 Å². The Morgan fingerprint density at radius 1 is 1.50 bits per heavy atom. The van der Waals surface area contributed by atoms with E-state index in [-0.39, 0.29) is 6.04 Å². The van der Waals surface area contributed by atoms with Crippen LogP contribution in [0.4, 0.5) is 4.39 Å². The predicted octanol–water partition coefficient (Wildman–Crippen LogP) is 0.692. The summed E-state index contributed by atoms with van der Waals surface area (Å²) in [5, 5.41) is 0. The lowest BCUT2D eigenvalue weighted by Crippen LogP contribution is -2.24. The highest BCUT2D eigenvalue weighted by molar-refractivity contribution is 4.58. The fraction of sp³-hybridized carbons (Fsp3) is 1.00. The summed E-state index contributed by atoms with van der Waals surface area (Å²) in [5.41, 5.74) is 5.06. The van der Waals surface area contributed by atoms with Gasteiger partial charge < -0.3 is 5.73 Å². The largest absolute Gasteiger partial charge is 0.325 e. The van der Waals surface area contributed by atoms with E-state index in [2.05, 4.69) is 0 Å². The molecule has 0 aliphatic rings. The average Bonchev–Trinajstić information content (AvgIpc) is 1.36. The van der Waals surface area contributed by atoms with Crippen molar-refractivity contribution in [1.29, 1.82) is 0 Å². The van der Waals surface area contributed by atoms with Crippen molar-refractivity contribution >= 4 is 0 Å². The Balaban J connectivity index is 2.99. The van der Waals surface area contributed by atoms with Gasteiger partial charge in [-0.1, -0.05) is 0 Å². The van der Waals surface area contributed by atoms with E-state index in [9.17, 15) is 4.39 Å². The Bertz CT molecular complexity index is 28.5. The Labute approximate surface area is 37.3 Å². The zero-order valence-corrected chi connectivity index (χ0v) is 4.11. The average molecular weight is 91.1 g/mol. The third-order valence-corrected chi connectivity index (χ3v) is 0.725. The van der Waals surface area contributed by atoms with Crippen LogP contribution in [0.25, 0.3) is 0 Å². The molecule has 2 atom stereocenters. The number of hydrogen-bond acceptors (Lipinski definition) is 1. The maximum absolute atomic E-state index is 11.7. The molecule has 0 aromatic heterocycles. The molecule has 0 spiro atoms. The summed E-state index contributed by atoms with van der Waals surface area (Å²) in [7, 11) is 0. The van der Waals surface area contributed by atoms with Gasteiger partial charge in [-0.2, -0.15) is 0 Å². The number of nitrogens with two attached hydrogens (primary N) is 1. The zero-order chi connectivity index (χ0) is 5.15. The maximum atomic E-state index is 11.7. The van der Waals surface area contributed by atoms with Gasteiger partial charge in [0.2, 0.25) is 0 Å². The van der Waals surface area contributed by atoms with E-state index >= 15 is 0 Å². The van der Waals surface area contributed by atoms with E-state index in [1.54, 1.807) is 6.92 Å². The molecule has 0 saturated heterocycles. The standard InChI is InChI=1S/C4H10FN/c1-3(5)4(2)6/h3-4H,6H2,1-2H3/t3-,4+/m0/s1. The minimum absolute atomic E-state index is 0.315. The molecule has 2 N–H and O–H groups in total. The van der Waals surface area contributed by atoms with Crippen molar-refractivity contribution in [2.45, 2.75) is 26.1 Å². The summed E-state index contributed by atoms with van der Waals surface area (Å²) < 4.78 is 11.7. The molecular formula is C4H10FN. The summed E-state index contributed by atoms with van der Waals surface area (Å²) in [6.45, 7) is 3.09. The van der Waals surface area contributed by atoms with E-state index in [4.69, 9.17) is 5.73 Å². The minimum atomic E-state index is -0.870. The molecule has 0 saturated carbocycles. The normalized spacial score (nSPS) is 20.0.